The molecule has 3 aromatic rings. The second-order valence-corrected chi connectivity index (χ2v) is 7.26. The molecule has 0 aliphatic carbocycles. The highest BCUT2D eigenvalue weighted by Crippen LogP contribution is 2.35. The van der Waals surface area contributed by atoms with Gasteiger partial charge < -0.3 is 14.2 Å². The maximum Gasteiger partial charge on any atom is 0.258 e. The van der Waals surface area contributed by atoms with Crippen LogP contribution in [0.2, 0.25) is 5.02 Å². The van der Waals surface area contributed by atoms with Crippen LogP contribution < -0.4 is 4.74 Å². The normalized spacial score (nSPS) is 16.4. The van der Waals surface area contributed by atoms with Crippen LogP contribution in [0, 0.1) is 6.92 Å². The van der Waals surface area contributed by atoms with Crippen molar-refractivity contribution in [2.75, 3.05) is 13.7 Å². The number of likely N-dealkylation sites (tertiary alicyclic amines) is 1. The molecule has 0 saturated carbocycles. The van der Waals surface area contributed by atoms with Gasteiger partial charge >= 0.3 is 0 Å². The third-order valence-corrected chi connectivity index (χ3v) is 5.18. The van der Waals surface area contributed by atoms with Gasteiger partial charge in [-0.25, -0.2) is 0 Å². The summed E-state index contributed by atoms with van der Waals surface area (Å²) in [6.07, 6.45) is 1.63. The quantitative estimate of drug-likeness (QED) is 0.639. The summed E-state index contributed by atoms with van der Waals surface area (Å²) in [7, 11) is 1.54. The topological polar surface area (TPSA) is 68.5 Å². The van der Waals surface area contributed by atoms with E-state index in [2.05, 4.69) is 10.1 Å². The Labute approximate surface area is 168 Å². The molecule has 1 amide bonds. The Morgan fingerprint density at radius 1 is 1.25 bits per heavy atom. The van der Waals surface area contributed by atoms with Crippen LogP contribution in [0.15, 0.2) is 47.0 Å². The molecule has 4 rings (SSSR count). The smallest absolute Gasteiger partial charge is 0.258 e. The Kier molecular flexibility index (Phi) is 5.05. The molecule has 1 saturated heterocycles. The first-order valence-electron chi connectivity index (χ1n) is 9.12. The fourth-order valence-electron chi connectivity index (χ4n) is 3.46. The summed E-state index contributed by atoms with van der Waals surface area (Å²) >= 11 is 6.09. The number of aromatic nitrogens is 2. The van der Waals surface area contributed by atoms with Crippen molar-refractivity contribution in [2.45, 2.75) is 25.8 Å². The highest BCUT2D eigenvalue weighted by atomic mass is 35.5. The van der Waals surface area contributed by atoms with Gasteiger partial charge in [-0.2, -0.15) is 4.98 Å². The predicted octanol–water partition coefficient (Wildman–Crippen LogP) is 4.68. The summed E-state index contributed by atoms with van der Waals surface area (Å²) < 4.78 is 10.9. The summed E-state index contributed by atoms with van der Waals surface area (Å²) in [6.45, 7) is 2.64. The fourth-order valence-corrected chi connectivity index (χ4v) is 3.63. The number of hydrogen-bond donors (Lipinski definition) is 0. The average molecular weight is 398 g/mol. The highest BCUT2D eigenvalue weighted by Gasteiger charge is 2.35. The van der Waals surface area contributed by atoms with Gasteiger partial charge in [0.2, 0.25) is 11.7 Å². The zero-order valence-electron chi connectivity index (χ0n) is 15.7. The van der Waals surface area contributed by atoms with Crippen molar-refractivity contribution in [3.63, 3.8) is 0 Å². The minimum Gasteiger partial charge on any atom is -0.496 e. The number of carbonyl (C=O) groups excluding carboxylic acids is 1. The van der Waals surface area contributed by atoms with E-state index in [0.29, 0.717) is 34.6 Å². The number of amides is 1. The lowest BCUT2D eigenvalue weighted by atomic mass is 10.1. The van der Waals surface area contributed by atoms with E-state index >= 15 is 0 Å². The molecule has 6 nitrogen and oxygen atoms in total. The Morgan fingerprint density at radius 3 is 2.79 bits per heavy atom. The van der Waals surface area contributed by atoms with Crippen molar-refractivity contribution in [2.24, 2.45) is 0 Å². The Bertz CT molecular complexity index is 1000. The highest BCUT2D eigenvalue weighted by molar-refractivity contribution is 6.31. The number of rotatable bonds is 4. The molecule has 1 fully saturated rings. The van der Waals surface area contributed by atoms with Crippen molar-refractivity contribution in [1.82, 2.24) is 15.0 Å². The Hall–Kier alpha value is -2.86. The van der Waals surface area contributed by atoms with E-state index in [4.69, 9.17) is 20.9 Å². The molecule has 1 aliphatic rings. The molecule has 0 spiro atoms. The molecule has 2 heterocycles. The van der Waals surface area contributed by atoms with Crippen LogP contribution in [0.1, 0.15) is 40.7 Å². The van der Waals surface area contributed by atoms with Crippen LogP contribution in [-0.2, 0) is 0 Å². The van der Waals surface area contributed by atoms with Gasteiger partial charge in [-0.3, -0.25) is 4.79 Å². The van der Waals surface area contributed by atoms with Gasteiger partial charge in [0, 0.05) is 17.1 Å². The number of halogens is 1. The van der Waals surface area contributed by atoms with Crippen LogP contribution in [0.5, 0.6) is 5.75 Å². The minimum atomic E-state index is -0.261. The maximum atomic E-state index is 13.2. The monoisotopic (exact) mass is 397 g/mol. The molecule has 144 valence electrons. The summed E-state index contributed by atoms with van der Waals surface area (Å²) in [5.74, 6) is 1.31. The van der Waals surface area contributed by atoms with Gasteiger partial charge in [0.1, 0.15) is 11.8 Å². The largest absolute Gasteiger partial charge is 0.496 e. The lowest BCUT2D eigenvalue weighted by molar-refractivity contribution is 0.0706. The number of hydrogen-bond acceptors (Lipinski definition) is 5. The standard InChI is InChI=1S/C21H20ClN3O3/c1-13-5-7-14(8-6-13)19-23-20(28-24-19)17-4-3-11-25(17)21(26)16-12-15(22)9-10-18(16)27-2/h5-10,12,17H,3-4,11H2,1-2H3/t17-/m0/s1. The van der Waals surface area contributed by atoms with E-state index in [1.54, 1.807) is 23.1 Å². The van der Waals surface area contributed by atoms with E-state index in [0.717, 1.165) is 24.0 Å². The van der Waals surface area contributed by atoms with E-state index in [-0.39, 0.29) is 11.9 Å². The number of nitrogens with zero attached hydrogens (tertiary/aromatic N) is 3. The van der Waals surface area contributed by atoms with E-state index in [1.165, 1.54) is 7.11 Å². The third-order valence-electron chi connectivity index (χ3n) is 4.94. The SMILES string of the molecule is COc1ccc(Cl)cc1C(=O)N1CCC[C@H]1c1nc(-c2ccc(C)cc2)no1. The Morgan fingerprint density at radius 2 is 2.04 bits per heavy atom. The van der Waals surface area contributed by atoms with Crippen LogP contribution in [-0.4, -0.2) is 34.6 Å². The van der Waals surface area contributed by atoms with Crippen LogP contribution in [0.4, 0.5) is 0 Å². The van der Waals surface area contributed by atoms with Crippen molar-refractivity contribution < 1.29 is 14.1 Å². The van der Waals surface area contributed by atoms with E-state index in [1.807, 2.05) is 31.2 Å². The molecule has 0 radical (unpaired) electrons. The van der Waals surface area contributed by atoms with Crippen LogP contribution in [0.25, 0.3) is 11.4 Å². The molecular formula is C21H20ClN3O3. The molecule has 7 heteroatoms. The molecule has 1 atom stereocenters. The fraction of sp³-hybridized carbons (Fsp3) is 0.286. The molecule has 2 aromatic carbocycles. The molecule has 28 heavy (non-hydrogen) atoms. The Balaban J connectivity index is 1.61. The van der Waals surface area contributed by atoms with Gasteiger partial charge in [0.25, 0.3) is 5.91 Å². The average Bonchev–Trinajstić information content (AvgIpc) is 3.37. The number of carbonyl (C=O) groups is 1. The van der Waals surface area contributed by atoms with Crippen LogP contribution in [0.3, 0.4) is 0 Å². The second-order valence-electron chi connectivity index (χ2n) is 6.82. The molecule has 0 bridgehead atoms. The molecule has 1 aliphatic heterocycles. The van der Waals surface area contributed by atoms with Crippen molar-refractivity contribution >= 4 is 17.5 Å². The van der Waals surface area contributed by atoms with Crippen molar-refractivity contribution in [3.8, 4) is 17.1 Å². The minimum absolute atomic E-state index is 0.156. The first-order chi connectivity index (χ1) is 13.6. The van der Waals surface area contributed by atoms with E-state index in [9.17, 15) is 4.79 Å². The number of aryl methyl sites for hydroxylation is 1. The van der Waals surface area contributed by atoms with E-state index < -0.39 is 0 Å². The zero-order chi connectivity index (χ0) is 19.7. The van der Waals surface area contributed by atoms with Crippen molar-refractivity contribution in [1.29, 1.82) is 0 Å². The lowest BCUT2D eigenvalue weighted by Crippen LogP contribution is -2.31. The zero-order valence-corrected chi connectivity index (χ0v) is 16.4. The van der Waals surface area contributed by atoms with Crippen molar-refractivity contribution in [3.05, 3.63) is 64.5 Å². The maximum absolute atomic E-state index is 13.2. The predicted molar refractivity (Wildman–Crippen MR) is 105 cm³/mol. The van der Waals surface area contributed by atoms with Gasteiger partial charge in [-0.05, 0) is 38.0 Å². The first-order valence-corrected chi connectivity index (χ1v) is 9.50. The molecular weight excluding hydrogens is 378 g/mol. The first kappa shape index (κ1) is 18.5. The van der Waals surface area contributed by atoms with Gasteiger partial charge in [0.15, 0.2) is 0 Å². The molecule has 1 aromatic heterocycles. The number of methoxy groups -OCH3 is 1. The number of benzene rings is 2. The molecule has 0 N–H and O–H groups in total. The summed E-state index contributed by atoms with van der Waals surface area (Å²) in [5, 5.41) is 4.59. The van der Waals surface area contributed by atoms with Gasteiger partial charge in [-0.15, -0.1) is 0 Å². The van der Waals surface area contributed by atoms with Gasteiger partial charge in [-0.1, -0.05) is 46.6 Å². The van der Waals surface area contributed by atoms with Crippen LogP contribution >= 0.6 is 11.6 Å². The summed E-state index contributed by atoms with van der Waals surface area (Å²) in [4.78, 5) is 19.5. The number of ether oxygens (including phenoxy) is 1. The summed E-state index contributed by atoms with van der Waals surface area (Å²) in [6, 6.07) is 12.7. The summed E-state index contributed by atoms with van der Waals surface area (Å²) in [5.41, 5.74) is 2.48. The molecule has 0 unspecified atom stereocenters. The second kappa shape index (κ2) is 7.64. The third kappa shape index (κ3) is 3.47. The lowest BCUT2D eigenvalue weighted by Gasteiger charge is -2.23. The van der Waals surface area contributed by atoms with Gasteiger partial charge in [0.05, 0.1) is 12.7 Å².